The van der Waals surface area contributed by atoms with Crippen molar-refractivity contribution in [3.8, 4) is 0 Å². The fourth-order valence-electron chi connectivity index (χ4n) is 3.14. The van der Waals surface area contributed by atoms with Crippen LogP contribution in [-0.2, 0) is 19.4 Å². The first-order valence-electron chi connectivity index (χ1n) is 9.41. The fourth-order valence-corrected chi connectivity index (χ4v) is 3.42. The Morgan fingerprint density at radius 1 is 0.821 bits per heavy atom. The predicted molar refractivity (Wildman–Crippen MR) is 119 cm³/mol. The van der Waals surface area contributed by atoms with Gasteiger partial charge in [-0.1, -0.05) is 0 Å². The van der Waals surface area contributed by atoms with Gasteiger partial charge in [0.05, 0.1) is 0 Å². The summed E-state index contributed by atoms with van der Waals surface area (Å²) < 4.78 is 2.15. The molecule has 0 atom stereocenters. The zero-order valence-electron chi connectivity index (χ0n) is 16.6. The van der Waals surface area contributed by atoms with Gasteiger partial charge in [0.2, 0.25) is 0 Å². The number of benzene rings is 3. The van der Waals surface area contributed by atoms with E-state index in [1.54, 1.807) is 0 Å². The second-order valence-corrected chi connectivity index (χ2v) is 7.92. The first-order chi connectivity index (χ1) is 13.6. The molecule has 2 heteroatoms. The van der Waals surface area contributed by atoms with Crippen LogP contribution in [0.5, 0.6) is 0 Å². The van der Waals surface area contributed by atoms with Crippen LogP contribution in [0.25, 0.3) is 5.57 Å². The van der Waals surface area contributed by atoms with Crippen LogP contribution in [0.4, 0.5) is 11.4 Å². The van der Waals surface area contributed by atoms with Crippen molar-refractivity contribution in [2.24, 2.45) is 0 Å². The van der Waals surface area contributed by atoms with Crippen molar-refractivity contribution in [3.05, 3.63) is 113 Å². The Hall–Kier alpha value is -2.50. The van der Waals surface area contributed by atoms with Crippen molar-refractivity contribution in [1.82, 2.24) is 0 Å². The van der Waals surface area contributed by atoms with Crippen molar-refractivity contribution < 1.29 is 19.4 Å². The van der Waals surface area contributed by atoms with Gasteiger partial charge in [0.1, 0.15) is 0 Å². The summed E-state index contributed by atoms with van der Waals surface area (Å²) in [5.74, 6) is 0. The third-order valence-electron chi connectivity index (χ3n) is 4.66. The molecule has 0 heterocycles. The molecule has 1 nitrogen and oxygen atoms in total. The van der Waals surface area contributed by atoms with Gasteiger partial charge in [-0.25, -0.2) is 0 Å². The molecule has 0 aliphatic heterocycles. The number of anilines is 2. The van der Waals surface area contributed by atoms with Crippen LogP contribution in [-0.4, -0.2) is 4.40 Å². The molecule has 0 saturated carbocycles. The molecule has 0 aromatic heterocycles. The Labute approximate surface area is 179 Å². The molecule has 3 aromatic rings. The third kappa shape index (κ3) is 5.06. The Kier molecular flexibility index (Phi) is 6.95. The number of allylic oxidation sites excluding steroid dienone is 3. The summed E-state index contributed by atoms with van der Waals surface area (Å²) in [5.41, 5.74) is 8.53. The summed E-state index contributed by atoms with van der Waals surface area (Å²) in [7, 11) is 0. The van der Waals surface area contributed by atoms with Gasteiger partial charge in [0.15, 0.2) is 0 Å². The topological polar surface area (TPSA) is 3.24 Å². The van der Waals surface area contributed by atoms with Crippen LogP contribution >= 0.6 is 0 Å². The van der Waals surface area contributed by atoms with E-state index in [0.717, 1.165) is 5.69 Å². The molecule has 3 aromatic carbocycles. The molecule has 3 rings (SSSR count). The molecule has 0 N–H and O–H groups in total. The van der Waals surface area contributed by atoms with Gasteiger partial charge < -0.3 is 0 Å². The molecular formula is C26H25NW. The van der Waals surface area contributed by atoms with Crippen molar-refractivity contribution in [3.63, 3.8) is 0 Å². The normalized spacial score (nSPS) is 11.6. The van der Waals surface area contributed by atoms with E-state index in [9.17, 15) is 0 Å². The maximum absolute atomic E-state index is 2.29. The van der Waals surface area contributed by atoms with Crippen LogP contribution in [0.3, 0.4) is 0 Å². The minimum absolute atomic E-state index is 1.16. The van der Waals surface area contributed by atoms with Crippen LogP contribution in [0.15, 0.2) is 91.1 Å². The first kappa shape index (κ1) is 20.2. The van der Waals surface area contributed by atoms with Gasteiger partial charge >= 0.3 is 180 Å². The number of hydrogen-bond acceptors (Lipinski definition) is 1. The van der Waals surface area contributed by atoms with Crippen LogP contribution in [0.2, 0.25) is 0 Å². The van der Waals surface area contributed by atoms with Crippen molar-refractivity contribution >= 4 is 21.3 Å². The van der Waals surface area contributed by atoms with E-state index >= 15 is 0 Å². The molecule has 0 amide bonds. The molecule has 0 fully saturated rings. The SMILES string of the molecule is Cc1ccc(N(C=C(C=C[CH]=[W])c2cccc(C)c2)c2ccccc2C)cc1. The Morgan fingerprint density at radius 3 is 2.25 bits per heavy atom. The number of nitrogens with zero attached hydrogens (tertiary/aromatic N) is 1. The second kappa shape index (κ2) is 9.62. The van der Waals surface area contributed by atoms with E-state index in [4.69, 9.17) is 0 Å². The molecule has 0 bridgehead atoms. The van der Waals surface area contributed by atoms with Crippen molar-refractivity contribution in [2.75, 3.05) is 4.90 Å². The molecule has 0 unspecified atom stereocenters. The van der Waals surface area contributed by atoms with Crippen LogP contribution < -0.4 is 4.90 Å². The van der Waals surface area contributed by atoms with E-state index in [1.165, 1.54) is 52.9 Å². The van der Waals surface area contributed by atoms with Gasteiger partial charge in [-0.05, 0) is 0 Å². The van der Waals surface area contributed by atoms with Gasteiger partial charge in [0.25, 0.3) is 0 Å². The zero-order valence-corrected chi connectivity index (χ0v) is 19.5. The fraction of sp³-hybridized carbons (Fsp3) is 0.115. The zero-order chi connectivity index (χ0) is 19.9. The average molecular weight is 535 g/mol. The molecule has 0 spiro atoms. The minimum atomic E-state index is 1.16. The van der Waals surface area contributed by atoms with Crippen LogP contribution in [0.1, 0.15) is 22.3 Å². The number of para-hydroxylation sites is 1. The summed E-state index contributed by atoms with van der Waals surface area (Å²) in [4.78, 5) is 2.29. The number of aryl methyl sites for hydroxylation is 3. The van der Waals surface area contributed by atoms with Gasteiger partial charge in [-0.15, -0.1) is 0 Å². The maximum atomic E-state index is 2.29. The molecule has 140 valence electrons. The number of hydrogen-bond donors (Lipinski definition) is 0. The van der Waals surface area contributed by atoms with E-state index in [-0.39, 0.29) is 0 Å². The first-order valence-corrected chi connectivity index (χ1v) is 11.1. The monoisotopic (exact) mass is 535 g/mol. The molecule has 0 aliphatic carbocycles. The summed E-state index contributed by atoms with van der Waals surface area (Å²) in [5, 5.41) is 0. The molecule has 28 heavy (non-hydrogen) atoms. The second-order valence-electron chi connectivity index (χ2n) is 6.94. The average Bonchev–Trinajstić information content (AvgIpc) is 2.70. The van der Waals surface area contributed by atoms with E-state index in [2.05, 4.69) is 121 Å². The molecule has 0 radical (unpaired) electrons. The third-order valence-corrected chi connectivity index (χ3v) is 5.23. The van der Waals surface area contributed by atoms with Gasteiger partial charge in [-0.3, -0.25) is 0 Å². The Balaban J connectivity index is 2.19. The van der Waals surface area contributed by atoms with Crippen molar-refractivity contribution in [1.29, 1.82) is 0 Å². The van der Waals surface area contributed by atoms with Gasteiger partial charge in [0, 0.05) is 0 Å². The quantitative estimate of drug-likeness (QED) is 0.318. The molecule has 0 aliphatic rings. The van der Waals surface area contributed by atoms with Gasteiger partial charge in [-0.2, -0.15) is 0 Å². The Bertz CT molecular complexity index is 1010. The number of rotatable bonds is 6. The summed E-state index contributed by atoms with van der Waals surface area (Å²) >= 11 is 1.45. The summed E-state index contributed by atoms with van der Waals surface area (Å²) in [6, 6.07) is 25.9. The van der Waals surface area contributed by atoms with E-state index in [0.29, 0.717) is 0 Å². The Morgan fingerprint density at radius 2 is 1.57 bits per heavy atom. The van der Waals surface area contributed by atoms with Crippen molar-refractivity contribution in [2.45, 2.75) is 20.8 Å². The van der Waals surface area contributed by atoms with Crippen LogP contribution in [0, 0.1) is 20.8 Å². The summed E-state index contributed by atoms with van der Waals surface area (Å²) in [6.07, 6.45) is 6.58. The van der Waals surface area contributed by atoms with E-state index in [1.807, 2.05) is 0 Å². The molecular weight excluding hydrogens is 510 g/mol. The van der Waals surface area contributed by atoms with E-state index < -0.39 is 0 Å². The summed E-state index contributed by atoms with van der Waals surface area (Å²) in [6.45, 7) is 6.42. The predicted octanol–water partition coefficient (Wildman–Crippen LogP) is 6.70. The standard InChI is InChI=1S/C26H25N.W/c1-5-9-24(23-12-8-10-21(3)18-23)19-27(25-16-14-20(2)15-17-25)26-13-7-6-11-22(26)4;/h1,5-19H,2-4H3;. The molecule has 0 saturated heterocycles.